The van der Waals surface area contributed by atoms with Crippen LogP contribution in [0.25, 0.3) is 11.9 Å². The number of aliphatic hydroxyl groups excluding tert-OH is 1. The normalized spacial score (nSPS) is 18.9. The van der Waals surface area contributed by atoms with E-state index >= 15 is 0 Å². The molecule has 2 fully saturated rings. The lowest BCUT2D eigenvalue weighted by atomic mass is 10.1. The summed E-state index contributed by atoms with van der Waals surface area (Å²) in [5.41, 5.74) is 8.52. The number of hydrogen-bond acceptors (Lipinski definition) is 8. The lowest BCUT2D eigenvalue weighted by Crippen LogP contribution is -2.46. The second kappa shape index (κ2) is 10.8. The summed E-state index contributed by atoms with van der Waals surface area (Å²) in [6, 6.07) is 5.54. The van der Waals surface area contributed by atoms with E-state index in [-0.39, 0.29) is 18.5 Å². The molecule has 0 amide bonds. The van der Waals surface area contributed by atoms with Crippen LogP contribution in [-0.2, 0) is 0 Å². The molecule has 9 nitrogen and oxygen atoms in total. The van der Waals surface area contributed by atoms with Crippen LogP contribution in [0.2, 0.25) is 0 Å². The fourth-order valence-corrected chi connectivity index (χ4v) is 4.96. The highest BCUT2D eigenvalue weighted by molar-refractivity contribution is 5.54. The SMILES string of the molecule is Cc1c(/C=C/CN2CCN(c3cc(F)cc(F)c3)CC2)cnn1-c1cc(N2CC[C@H](CO)C2)nc(N)n1. The number of hydrogen-bond donors (Lipinski definition) is 2. The number of halogens is 2. The van der Waals surface area contributed by atoms with Crippen LogP contribution in [0.1, 0.15) is 17.7 Å². The number of piperazine rings is 1. The van der Waals surface area contributed by atoms with E-state index in [1.165, 1.54) is 12.1 Å². The first-order valence-electron chi connectivity index (χ1n) is 12.5. The third-order valence-corrected chi connectivity index (χ3v) is 7.09. The fraction of sp³-hybridized carbons (Fsp3) is 0.423. The minimum absolute atomic E-state index is 0.167. The Kier molecular flexibility index (Phi) is 7.33. The molecule has 2 aromatic heterocycles. The average molecular weight is 511 g/mol. The number of nitrogen functional groups attached to an aromatic ring is 1. The molecule has 0 spiro atoms. The molecule has 2 aliphatic rings. The topological polar surface area (TPSA) is 99.6 Å². The molecule has 3 aromatic rings. The molecule has 2 saturated heterocycles. The molecule has 4 heterocycles. The van der Waals surface area contributed by atoms with E-state index in [9.17, 15) is 13.9 Å². The van der Waals surface area contributed by atoms with E-state index in [1.807, 2.05) is 24.0 Å². The highest BCUT2D eigenvalue weighted by atomic mass is 19.1. The summed E-state index contributed by atoms with van der Waals surface area (Å²) in [6.07, 6.45) is 6.87. The molecule has 196 valence electrons. The maximum atomic E-state index is 13.6. The molecule has 1 aromatic carbocycles. The standard InChI is InChI=1S/C26H32F2N8O/c1-18-20(3-2-5-33-7-9-34(10-8-33)23-12-21(27)11-22(28)13-23)15-30-36(18)25-14-24(31-26(29)32-25)35-6-4-19(16-35)17-37/h2-3,11-15,19,37H,4-10,16-17H2,1H3,(H2,29,31,32)/b3-2+/t19-/m0/s1. The Balaban J connectivity index is 1.20. The van der Waals surface area contributed by atoms with Gasteiger partial charge in [-0.1, -0.05) is 12.2 Å². The molecule has 1 atom stereocenters. The van der Waals surface area contributed by atoms with Gasteiger partial charge < -0.3 is 20.6 Å². The van der Waals surface area contributed by atoms with Crippen LogP contribution < -0.4 is 15.5 Å². The van der Waals surface area contributed by atoms with Crippen LogP contribution in [0.15, 0.2) is 36.5 Å². The van der Waals surface area contributed by atoms with Gasteiger partial charge >= 0.3 is 0 Å². The Labute approximate surface area is 214 Å². The van der Waals surface area contributed by atoms with Crippen molar-refractivity contribution in [2.24, 2.45) is 5.92 Å². The summed E-state index contributed by atoms with van der Waals surface area (Å²) in [5.74, 6) is 0.678. The highest BCUT2D eigenvalue weighted by Gasteiger charge is 2.24. The third kappa shape index (κ3) is 5.72. The number of benzene rings is 1. The van der Waals surface area contributed by atoms with Gasteiger partial charge in [-0.05, 0) is 25.5 Å². The Morgan fingerprint density at radius 2 is 1.73 bits per heavy atom. The van der Waals surface area contributed by atoms with Gasteiger partial charge in [-0.3, -0.25) is 4.90 Å². The summed E-state index contributed by atoms with van der Waals surface area (Å²) in [5, 5.41) is 14.0. The lowest BCUT2D eigenvalue weighted by Gasteiger charge is -2.35. The van der Waals surface area contributed by atoms with Gasteiger partial charge in [-0.2, -0.15) is 15.1 Å². The summed E-state index contributed by atoms with van der Waals surface area (Å²) in [7, 11) is 0. The monoisotopic (exact) mass is 510 g/mol. The minimum atomic E-state index is -0.552. The van der Waals surface area contributed by atoms with Gasteiger partial charge in [-0.25, -0.2) is 13.5 Å². The van der Waals surface area contributed by atoms with E-state index in [1.54, 1.807) is 10.9 Å². The average Bonchev–Trinajstić information content (AvgIpc) is 3.50. The first-order chi connectivity index (χ1) is 17.9. The van der Waals surface area contributed by atoms with E-state index < -0.39 is 11.6 Å². The predicted octanol–water partition coefficient (Wildman–Crippen LogP) is 2.49. The second-order valence-electron chi connectivity index (χ2n) is 9.64. The Bertz CT molecular complexity index is 1250. The largest absolute Gasteiger partial charge is 0.396 e. The van der Waals surface area contributed by atoms with Gasteiger partial charge in [0.05, 0.1) is 11.9 Å². The first kappa shape index (κ1) is 25.1. The second-order valence-corrected chi connectivity index (χ2v) is 9.64. The number of rotatable bonds is 7. The number of aliphatic hydroxyl groups is 1. The molecule has 0 unspecified atom stereocenters. The molecule has 0 radical (unpaired) electrons. The van der Waals surface area contributed by atoms with Gasteiger partial charge in [-0.15, -0.1) is 0 Å². The van der Waals surface area contributed by atoms with Crippen molar-refractivity contribution in [3.8, 4) is 5.82 Å². The van der Waals surface area contributed by atoms with Gasteiger partial charge in [0.1, 0.15) is 17.5 Å². The number of nitrogens with two attached hydrogens (primary N) is 1. The van der Waals surface area contributed by atoms with Crippen molar-refractivity contribution in [1.82, 2.24) is 24.6 Å². The molecular formula is C26H32F2N8O. The van der Waals surface area contributed by atoms with Crippen LogP contribution in [0.5, 0.6) is 0 Å². The van der Waals surface area contributed by atoms with Crippen molar-refractivity contribution in [3.05, 3.63) is 59.4 Å². The molecular weight excluding hydrogens is 478 g/mol. The zero-order valence-corrected chi connectivity index (χ0v) is 20.9. The molecule has 5 rings (SSSR count). The van der Waals surface area contributed by atoms with Crippen molar-refractivity contribution >= 4 is 23.5 Å². The zero-order chi connectivity index (χ0) is 25.9. The Morgan fingerprint density at radius 3 is 2.43 bits per heavy atom. The maximum Gasteiger partial charge on any atom is 0.224 e. The molecule has 11 heteroatoms. The Hall–Kier alpha value is -3.57. The number of anilines is 3. The van der Waals surface area contributed by atoms with Crippen molar-refractivity contribution in [1.29, 1.82) is 0 Å². The molecule has 0 saturated carbocycles. The quantitative estimate of drug-likeness (QED) is 0.500. The maximum absolute atomic E-state index is 13.6. The summed E-state index contributed by atoms with van der Waals surface area (Å²) in [6.45, 7) is 7.50. The molecule has 3 N–H and O–H groups in total. The van der Waals surface area contributed by atoms with Crippen molar-refractivity contribution in [2.45, 2.75) is 13.3 Å². The van der Waals surface area contributed by atoms with Gasteiger partial charge in [0.15, 0.2) is 5.82 Å². The predicted molar refractivity (Wildman–Crippen MR) is 140 cm³/mol. The number of nitrogens with zero attached hydrogens (tertiary/aromatic N) is 7. The Morgan fingerprint density at radius 1 is 1.00 bits per heavy atom. The summed E-state index contributed by atoms with van der Waals surface area (Å²) in [4.78, 5) is 15.2. The molecule has 2 aliphatic heterocycles. The van der Waals surface area contributed by atoms with Crippen molar-refractivity contribution in [3.63, 3.8) is 0 Å². The lowest BCUT2D eigenvalue weighted by molar-refractivity contribution is 0.238. The highest BCUT2D eigenvalue weighted by Crippen LogP contribution is 2.25. The van der Waals surface area contributed by atoms with E-state index in [0.29, 0.717) is 24.6 Å². The van der Waals surface area contributed by atoms with E-state index in [4.69, 9.17) is 5.73 Å². The smallest absolute Gasteiger partial charge is 0.224 e. The van der Waals surface area contributed by atoms with E-state index in [2.05, 4.69) is 30.9 Å². The minimum Gasteiger partial charge on any atom is -0.396 e. The molecule has 0 aliphatic carbocycles. The van der Waals surface area contributed by atoms with Crippen LogP contribution >= 0.6 is 0 Å². The summed E-state index contributed by atoms with van der Waals surface area (Å²) >= 11 is 0. The van der Waals surface area contributed by atoms with Crippen LogP contribution in [0.3, 0.4) is 0 Å². The third-order valence-electron chi connectivity index (χ3n) is 7.09. The molecule has 37 heavy (non-hydrogen) atoms. The van der Waals surface area contributed by atoms with Crippen LogP contribution in [0.4, 0.5) is 26.2 Å². The first-order valence-corrected chi connectivity index (χ1v) is 12.5. The molecule has 0 bridgehead atoms. The fourth-order valence-electron chi connectivity index (χ4n) is 4.96. The van der Waals surface area contributed by atoms with Crippen LogP contribution in [-0.4, -0.2) is 82.2 Å². The van der Waals surface area contributed by atoms with E-state index in [0.717, 1.165) is 62.3 Å². The van der Waals surface area contributed by atoms with Gasteiger partial charge in [0, 0.05) is 81.7 Å². The summed E-state index contributed by atoms with van der Waals surface area (Å²) < 4.78 is 28.9. The van der Waals surface area contributed by atoms with Gasteiger partial charge in [0.2, 0.25) is 5.95 Å². The van der Waals surface area contributed by atoms with Crippen molar-refractivity contribution in [2.75, 3.05) is 68.0 Å². The number of aromatic nitrogens is 4. The van der Waals surface area contributed by atoms with Crippen molar-refractivity contribution < 1.29 is 13.9 Å². The zero-order valence-electron chi connectivity index (χ0n) is 20.9. The van der Waals surface area contributed by atoms with Crippen LogP contribution in [0, 0.1) is 24.5 Å². The van der Waals surface area contributed by atoms with Gasteiger partial charge in [0.25, 0.3) is 0 Å².